The number of urea groups is 1. The molecule has 1 aliphatic carbocycles. The summed E-state index contributed by atoms with van der Waals surface area (Å²) in [6.07, 6.45) is 8.22. The van der Waals surface area contributed by atoms with E-state index in [0.717, 1.165) is 50.8 Å². The second kappa shape index (κ2) is 11.4. The number of ether oxygens (including phenoxy) is 1. The third-order valence-electron chi connectivity index (χ3n) is 5.82. The summed E-state index contributed by atoms with van der Waals surface area (Å²) in [5, 5.41) is 8.56. The molecule has 1 aromatic rings. The van der Waals surface area contributed by atoms with Crippen LogP contribution in [0.3, 0.4) is 0 Å². The van der Waals surface area contributed by atoms with E-state index < -0.39 is 0 Å². The van der Waals surface area contributed by atoms with Gasteiger partial charge in [-0.3, -0.25) is 4.79 Å². The average Bonchev–Trinajstić information content (AvgIpc) is 3.22. The summed E-state index contributed by atoms with van der Waals surface area (Å²) < 4.78 is 5.49. The standard InChI is InChI=1S/C21H32N4O3.ClH/c22-15-21(10-2-1-3-11-21)13-19(26)24-16-6-8-17(9-7-16)25-20(27)23-14-18-5-4-12-28-18;/h6-9,18H,1-5,10-15,22H2,(H,24,26)(H2,23,25,27);1H. The van der Waals surface area contributed by atoms with Crippen molar-refractivity contribution in [3.8, 4) is 0 Å². The van der Waals surface area contributed by atoms with Crippen molar-refractivity contribution >= 4 is 35.7 Å². The first-order valence-corrected chi connectivity index (χ1v) is 10.4. The molecule has 0 bridgehead atoms. The quantitative estimate of drug-likeness (QED) is 0.536. The largest absolute Gasteiger partial charge is 0.376 e. The van der Waals surface area contributed by atoms with Gasteiger partial charge in [0, 0.05) is 30.9 Å². The van der Waals surface area contributed by atoms with Crippen molar-refractivity contribution in [1.82, 2.24) is 5.32 Å². The highest BCUT2D eigenvalue weighted by atomic mass is 35.5. The lowest BCUT2D eigenvalue weighted by Crippen LogP contribution is -2.36. The van der Waals surface area contributed by atoms with Crippen molar-refractivity contribution < 1.29 is 14.3 Å². The van der Waals surface area contributed by atoms with Gasteiger partial charge in [0.15, 0.2) is 0 Å². The maximum Gasteiger partial charge on any atom is 0.319 e. The number of hydrogen-bond acceptors (Lipinski definition) is 4. The van der Waals surface area contributed by atoms with Gasteiger partial charge in [-0.1, -0.05) is 19.3 Å². The smallest absolute Gasteiger partial charge is 0.319 e. The lowest BCUT2D eigenvalue weighted by molar-refractivity contribution is -0.118. The van der Waals surface area contributed by atoms with Crippen LogP contribution in [0.25, 0.3) is 0 Å². The third kappa shape index (κ3) is 7.17. The van der Waals surface area contributed by atoms with Crippen molar-refractivity contribution in [2.45, 2.75) is 57.5 Å². The highest BCUT2D eigenvalue weighted by Crippen LogP contribution is 2.38. The lowest BCUT2D eigenvalue weighted by atomic mass is 9.71. The van der Waals surface area contributed by atoms with Crippen LogP contribution in [0.1, 0.15) is 51.4 Å². The predicted molar refractivity (Wildman–Crippen MR) is 118 cm³/mol. The van der Waals surface area contributed by atoms with Gasteiger partial charge in [0.2, 0.25) is 5.91 Å². The van der Waals surface area contributed by atoms with Gasteiger partial charge >= 0.3 is 6.03 Å². The van der Waals surface area contributed by atoms with Crippen LogP contribution in [0, 0.1) is 5.41 Å². The van der Waals surface area contributed by atoms with Crippen LogP contribution in [-0.2, 0) is 9.53 Å². The van der Waals surface area contributed by atoms with Crippen molar-refractivity contribution in [2.24, 2.45) is 11.1 Å². The average molecular weight is 425 g/mol. The Kier molecular flexibility index (Phi) is 9.20. The van der Waals surface area contributed by atoms with Gasteiger partial charge in [-0.25, -0.2) is 4.79 Å². The van der Waals surface area contributed by atoms with Gasteiger partial charge in [0.1, 0.15) is 0 Å². The fourth-order valence-corrected chi connectivity index (χ4v) is 4.12. The molecule has 0 radical (unpaired) electrons. The summed E-state index contributed by atoms with van der Waals surface area (Å²) in [5.74, 6) is 0.00219. The summed E-state index contributed by atoms with van der Waals surface area (Å²) in [7, 11) is 0. The number of carbonyl (C=O) groups excluding carboxylic acids is 2. The van der Waals surface area contributed by atoms with E-state index in [2.05, 4.69) is 16.0 Å². The van der Waals surface area contributed by atoms with E-state index in [1.165, 1.54) is 6.42 Å². The van der Waals surface area contributed by atoms with Gasteiger partial charge in [-0.05, 0) is 61.9 Å². The van der Waals surface area contributed by atoms with Crippen LogP contribution in [-0.4, -0.2) is 37.7 Å². The number of nitrogens with two attached hydrogens (primary N) is 1. The molecule has 1 atom stereocenters. The minimum absolute atomic E-state index is 0. The first-order valence-electron chi connectivity index (χ1n) is 10.4. The Balaban J connectivity index is 0.00000300. The number of nitrogens with one attached hydrogen (secondary N) is 3. The molecule has 8 heteroatoms. The van der Waals surface area contributed by atoms with Gasteiger partial charge in [0.25, 0.3) is 0 Å². The van der Waals surface area contributed by atoms with E-state index in [-0.39, 0.29) is 35.9 Å². The van der Waals surface area contributed by atoms with E-state index >= 15 is 0 Å². The fourth-order valence-electron chi connectivity index (χ4n) is 4.12. The number of carbonyl (C=O) groups is 2. The summed E-state index contributed by atoms with van der Waals surface area (Å²) in [6, 6.07) is 6.89. The first-order chi connectivity index (χ1) is 13.6. The van der Waals surface area contributed by atoms with Crippen molar-refractivity contribution in [3.63, 3.8) is 0 Å². The van der Waals surface area contributed by atoms with E-state index in [1.807, 2.05) is 0 Å². The molecule has 1 unspecified atom stereocenters. The molecule has 162 valence electrons. The summed E-state index contributed by atoms with van der Waals surface area (Å²) in [4.78, 5) is 24.4. The normalized spacial score (nSPS) is 20.4. The van der Waals surface area contributed by atoms with E-state index in [0.29, 0.717) is 25.2 Å². The Bertz CT molecular complexity index is 656. The molecule has 3 rings (SSSR count). The van der Waals surface area contributed by atoms with Crippen LogP contribution in [0.15, 0.2) is 24.3 Å². The minimum Gasteiger partial charge on any atom is -0.376 e. The summed E-state index contributed by atoms with van der Waals surface area (Å²) in [6.45, 7) is 1.85. The number of anilines is 2. The van der Waals surface area contributed by atoms with Crippen LogP contribution in [0.5, 0.6) is 0 Å². The van der Waals surface area contributed by atoms with Gasteiger partial charge < -0.3 is 26.4 Å². The Labute approximate surface area is 178 Å². The molecule has 1 saturated heterocycles. The molecule has 2 fully saturated rings. The zero-order valence-corrected chi connectivity index (χ0v) is 17.7. The van der Waals surface area contributed by atoms with E-state index in [4.69, 9.17) is 10.5 Å². The van der Waals surface area contributed by atoms with Gasteiger partial charge in [-0.15, -0.1) is 12.4 Å². The monoisotopic (exact) mass is 424 g/mol. The highest BCUT2D eigenvalue weighted by Gasteiger charge is 2.32. The third-order valence-corrected chi connectivity index (χ3v) is 5.82. The molecule has 29 heavy (non-hydrogen) atoms. The second-order valence-corrected chi connectivity index (χ2v) is 8.04. The number of halogens is 1. The van der Waals surface area contributed by atoms with Crippen LogP contribution >= 0.6 is 12.4 Å². The maximum atomic E-state index is 12.5. The molecule has 3 amide bonds. The summed E-state index contributed by atoms with van der Waals surface area (Å²) in [5.41, 5.74) is 7.32. The van der Waals surface area contributed by atoms with Crippen LogP contribution in [0.4, 0.5) is 16.2 Å². The zero-order chi connectivity index (χ0) is 19.8. The molecule has 1 aliphatic heterocycles. The molecular weight excluding hydrogens is 392 g/mol. The molecule has 0 aromatic heterocycles. The second-order valence-electron chi connectivity index (χ2n) is 8.04. The molecule has 2 aliphatic rings. The first kappa shape index (κ1) is 23.4. The van der Waals surface area contributed by atoms with Gasteiger partial charge in [0.05, 0.1) is 6.10 Å². The minimum atomic E-state index is -0.255. The molecule has 5 N–H and O–H groups in total. The Hall–Kier alpha value is -1.83. The molecule has 0 spiro atoms. The van der Waals surface area contributed by atoms with Crippen molar-refractivity contribution in [3.05, 3.63) is 24.3 Å². The Morgan fingerprint density at radius 3 is 2.28 bits per heavy atom. The predicted octanol–water partition coefficient (Wildman–Crippen LogP) is 3.65. The number of hydrogen-bond donors (Lipinski definition) is 4. The van der Waals surface area contributed by atoms with Crippen molar-refractivity contribution in [1.29, 1.82) is 0 Å². The molecule has 7 nitrogen and oxygen atoms in total. The highest BCUT2D eigenvalue weighted by molar-refractivity contribution is 5.92. The van der Waals surface area contributed by atoms with Crippen molar-refractivity contribution in [2.75, 3.05) is 30.3 Å². The maximum absolute atomic E-state index is 12.5. The Morgan fingerprint density at radius 1 is 1.03 bits per heavy atom. The van der Waals surface area contributed by atoms with Crippen LogP contribution < -0.4 is 21.7 Å². The fraction of sp³-hybridized carbons (Fsp3) is 0.619. The van der Waals surface area contributed by atoms with Crippen LogP contribution in [0.2, 0.25) is 0 Å². The topological polar surface area (TPSA) is 105 Å². The van der Waals surface area contributed by atoms with Gasteiger partial charge in [-0.2, -0.15) is 0 Å². The number of amides is 3. The molecule has 1 saturated carbocycles. The molecule has 1 aromatic carbocycles. The SMILES string of the molecule is Cl.NCC1(CC(=O)Nc2ccc(NC(=O)NCC3CCCO3)cc2)CCCCC1. The number of rotatable bonds is 7. The zero-order valence-electron chi connectivity index (χ0n) is 16.9. The molecular formula is C21H33ClN4O3. The summed E-state index contributed by atoms with van der Waals surface area (Å²) >= 11 is 0. The Morgan fingerprint density at radius 2 is 1.69 bits per heavy atom. The number of benzene rings is 1. The van der Waals surface area contributed by atoms with E-state index in [9.17, 15) is 9.59 Å². The van der Waals surface area contributed by atoms with E-state index in [1.54, 1.807) is 24.3 Å². The lowest BCUT2D eigenvalue weighted by Gasteiger charge is -2.35. The molecule has 1 heterocycles.